The molecule has 64 valence electrons. The van der Waals surface area contributed by atoms with Gasteiger partial charge in [-0.15, -0.1) is 0 Å². The first-order chi connectivity index (χ1) is 5.66. The van der Waals surface area contributed by atoms with Gasteiger partial charge in [-0.2, -0.15) is 4.39 Å². The van der Waals surface area contributed by atoms with Gasteiger partial charge < -0.3 is 9.84 Å². The summed E-state index contributed by atoms with van der Waals surface area (Å²) in [5.41, 5.74) is -0.231. The lowest BCUT2D eigenvalue weighted by Crippen LogP contribution is -2.03. The zero-order valence-corrected chi connectivity index (χ0v) is 6.24. The van der Waals surface area contributed by atoms with Gasteiger partial charge in [-0.25, -0.2) is 9.78 Å². The summed E-state index contributed by atoms with van der Waals surface area (Å²) in [7, 11) is 1.14. The van der Waals surface area contributed by atoms with E-state index in [0.29, 0.717) is 0 Å². The molecular formula is C7H6FNO3. The number of hydrogen-bond acceptors (Lipinski definition) is 4. The number of hydrogen-bond donors (Lipinski definition) is 1. The van der Waals surface area contributed by atoms with Crippen LogP contribution in [0.1, 0.15) is 10.4 Å². The van der Waals surface area contributed by atoms with Crippen molar-refractivity contribution in [1.29, 1.82) is 0 Å². The number of carbonyl (C=O) groups excluding carboxylic acids is 1. The molecule has 1 aromatic rings. The summed E-state index contributed by atoms with van der Waals surface area (Å²) >= 11 is 0. The summed E-state index contributed by atoms with van der Waals surface area (Å²) in [5, 5.41) is 8.96. The first-order valence-electron chi connectivity index (χ1n) is 3.08. The van der Waals surface area contributed by atoms with Crippen molar-refractivity contribution in [2.45, 2.75) is 0 Å². The summed E-state index contributed by atoms with van der Waals surface area (Å²) in [6.45, 7) is 0. The molecule has 0 aliphatic heterocycles. The summed E-state index contributed by atoms with van der Waals surface area (Å²) in [4.78, 5) is 13.9. The van der Waals surface area contributed by atoms with Gasteiger partial charge >= 0.3 is 5.97 Å². The number of methoxy groups -OCH3 is 1. The van der Waals surface area contributed by atoms with Crippen LogP contribution in [0.15, 0.2) is 12.3 Å². The second-order valence-corrected chi connectivity index (χ2v) is 1.99. The molecule has 1 aromatic heterocycles. The van der Waals surface area contributed by atoms with Crippen LogP contribution in [0.25, 0.3) is 0 Å². The minimum Gasteiger partial charge on any atom is -0.503 e. The monoisotopic (exact) mass is 171 g/mol. The fourth-order valence-electron chi connectivity index (χ4n) is 0.703. The molecule has 0 saturated heterocycles. The molecule has 0 amide bonds. The lowest BCUT2D eigenvalue weighted by atomic mass is 10.2. The van der Waals surface area contributed by atoms with Crippen molar-refractivity contribution < 1.29 is 19.0 Å². The van der Waals surface area contributed by atoms with Crippen molar-refractivity contribution in [2.75, 3.05) is 7.11 Å². The molecule has 5 heteroatoms. The van der Waals surface area contributed by atoms with Crippen molar-refractivity contribution in [3.8, 4) is 5.75 Å². The Hall–Kier alpha value is -1.65. The van der Waals surface area contributed by atoms with Crippen molar-refractivity contribution in [3.63, 3.8) is 0 Å². The number of aromatic nitrogens is 1. The Morgan fingerprint density at radius 3 is 3.00 bits per heavy atom. The quantitative estimate of drug-likeness (QED) is 0.499. The molecule has 0 fully saturated rings. The smallest absolute Gasteiger partial charge is 0.341 e. The van der Waals surface area contributed by atoms with Crippen LogP contribution in [-0.2, 0) is 4.74 Å². The van der Waals surface area contributed by atoms with Gasteiger partial charge in [0.25, 0.3) is 5.95 Å². The minimum absolute atomic E-state index is 0.231. The summed E-state index contributed by atoms with van der Waals surface area (Å²) in [6, 6.07) is 1.17. The van der Waals surface area contributed by atoms with Gasteiger partial charge in [0.2, 0.25) is 0 Å². The highest BCUT2D eigenvalue weighted by molar-refractivity contribution is 5.92. The Balaban J connectivity index is 3.16. The van der Waals surface area contributed by atoms with Crippen LogP contribution in [0.4, 0.5) is 4.39 Å². The Morgan fingerprint density at radius 1 is 1.75 bits per heavy atom. The third kappa shape index (κ3) is 1.34. The van der Waals surface area contributed by atoms with E-state index < -0.39 is 17.7 Å². The number of pyridine rings is 1. The zero-order chi connectivity index (χ0) is 9.14. The highest BCUT2D eigenvalue weighted by Gasteiger charge is 2.14. The third-order valence-electron chi connectivity index (χ3n) is 1.28. The molecule has 0 aromatic carbocycles. The van der Waals surface area contributed by atoms with Crippen LogP contribution in [0.3, 0.4) is 0 Å². The Kier molecular flexibility index (Phi) is 2.23. The van der Waals surface area contributed by atoms with Crippen LogP contribution in [0, 0.1) is 5.95 Å². The van der Waals surface area contributed by atoms with E-state index in [4.69, 9.17) is 5.11 Å². The van der Waals surface area contributed by atoms with Crippen molar-refractivity contribution in [1.82, 2.24) is 4.98 Å². The molecule has 1 heterocycles. The Labute approximate surface area is 67.6 Å². The predicted octanol–water partition coefficient (Wildman–Crippen LogP) is 0.713. The highest BCUT2D eigenvalue weighted by Crippen LogP contribution is 2.18. The van der Waals surface area contributed by atoms with Crippen molar-refractivity contribution in [2.24, 2.45) is 0 Å². The van der Waals surface area contributed by atoms with Crippen LogP contribution >= 0.6 is 0 Å². The lowest BCUT2D eigenvalue weighted by Gasteiger charge is -2.00. The number of carbonyl (C=O) groups is 1. The maximum atomic E-state index is 12.5. The van der Waals surface area contributed by atoms with Crippen LogP contribution in [0.2, 0.25) is 0 Å². The first kappa shape index (κ1) is 8.45. The van der Waals surface area contributed by atoms with Gasteiger partial charge in [0, 0.05) is 6.20 Å². The average molecular weight is 171 g/mol. The fraction of sp³-hybridized carbons (Fsp3) is 0.143. The molecule has 0 bridgehead atoms. The SMILES string of the molecule is COC(=O)c1ccnc(F)c1O. The van der Waals surface area contributed by atoms with E-state index in [1.165, 1.54) is 6.07 Å². The summed E-state index contributed by atoms with van der Waals surface area (Å²) < 4.78 is 16.8. The molecular weight excluding hydrogens is 165 g/mol. The van der Waals surface area contributed by atoms with Crippen molar-refractivity contribution >= 4 is 5.97 Å². The minimum atomic E-state index is -1.09. The van der Waals surface area contributed by atoms with Gasteiger partial charge in [-0.05, 0) is 6.07 Å². The summed E-state index contributed by atoms with van der Waals surface area (Å²) in [6.07, 6.45) is 1.07. The zero-order valence-electron chi connectivity index (χ0n) is 6.24. The van der Waals surface area contributed by atoms with Gasteiger partial charge in [-0.3, -0.25) is 0 Å². The Morgan fingerprint density at radius 2 is 2.42 bits per heavy atom. The van der Waals surface area contributed by atoms with Crippen molar-refractivity contribution in [3.05, 3.63) is 23.8 Å². The second-order valence-electron chi connectivity index (χ2n) is 1.99. The largest absolute Gasteiger partial charge is 0.503 e. The number of nitrogens with zero attached hydrogens (tertiary/aromatic N) is 1. The molecule has 0 spiro atoms. The lowest BCUT2D eigenvalue weighted by molar-refractivity contribution is 0.0596. The number of aromatic hydroxyl groups is 1. The number of halogens is 1. The molecule has 0 radical (unpaired) electrons. The number of esters is 1. The molecule has 4 nitrogen and oxygen atoms in total. The Bertz CT molecular complexity index is 314. The maximum absolute atomic E-state index is 12.5. The van der Waals surface area contributed by atoms with Gasteiger partial charge in [0.15, 0.2) is 5.75 Å². The standard InChI is InChI=1S/C7H6FNO3/c1-12-7(11)4-2-3-9-6(8)5(4)10/h2-3,10H,1H3. The molecule has 1 rings (SSSR count). The molecule has 12 heavy (non-hydrogen) atoms. The molecule has 0 atom stereocenters. The predicted molar refractivity (Wildman–Crippen MR) is 37.2 cm³/mol. The summed E-state index contributed by atoms with van der Waals surface area (Å²) in [5.74, 6) is -2.67. The molecule has 1 N–H and O–H groups in total. The van der Waals surface area contributed by atoms with E-state index in [-0.39, 0.29) is 5.56 Å². The third-order valence-corrected chi connectivity index (χ3v) is 1.28. The van der Waals surface area contributed by atoms with E-state index in [0.717, 1.165) is 13.3 Å². The van der Waals surface area contributed by atoms with E-state index in [1.54, 1.807) is 0 Å². The fourth-order valence-corrected chi connectivity index (χ4v) is 0.703. The maximum Gasteiger partial charge on any atom is 0.341 e. The van der Waals surface area contributed by atoms with Gasteiger partial charge in [0.05, 0.1) is 7.11 Å². The normalized spacial score (nSPS) is 9.50. The molecule has 0 saturated carbocycles. The molecule has 0 aliphatic rings. The number of rotatable bonds is 1. The van der Waals surface area contributed by atoms with Crippen LogP contribution < -0.4 is 0 Å². The van der Waals surface area contributed by atoms with Crippen LogP contribution in [0.5, 0.6) is 5.75 Å². The van der Waals surface area contributed by atoms with Gasteiger partial charge in [-0.1, -0.05) is 0 Å². The topological polar surface area (TPSA) is 59.4 Å². The average Bonchev–Trinajstić information content (AvgIpc) is 2.08. The number of ether oxygens (including phenoxy) is 1. The van der Waals surface area contributed by atoms with E-state index in [2.05, 4.69) is 9.72 Å². The van der Waals surface area contributed by atoms with Crippen LogP contribution in [-0.4, -0.2) is 23.2 Å². The first-order valence-corrected chi connectivity index (χ1v) is 3.08. The van der Waals surface area contributed by atoms with E-state index in [9.17, 15) is 9.18 Å². The van der Waals surface area contributed by atoms with E-state index >= 15 is 0 Å². The second kappa shape index (κ2) is 3.17. The van der Waals surface area contributed by atoms with E-state index in [1.807, 2.05) is 0 Å². The van der Waals surface area contributed by atoms with Gasteiger partial charge in [0.1, 0.15) is 5.56 Å². The highest BCUT2D eigenvalue weighted by atomic mass is 19.1. The molecule has 0 unspecified atom stereocenters. The molecule has 0 aliphatic carbocycles.